The Morgan fingerprint density at radius 2 is 2.20 bits per heavy atom. The van der Waals surface area contributed by atoms with Crippen LogP contribution in [-0.2, 0) is 9.53 Å². The molecule has 1 aromatic carbocycles. The van der Waals surface area contributed by atoms with Gasteiger partial charge in [-0.1, -0.05) is 18.2 Å². The maximum atomic E-state index is 11.1. The predicted molar refractivity (Wildman–Crippen MR) is 61.0 cm³/mol. The first-order chi connectivity index (χ1) is 7.04. The van der Waals surface area contributed by atoms with Gasteiger partial charge in [0.25, 0.3) is 0 Å². The third-order valence-corrected chi connectivity index (χ3v) is 2.31. The number of carbonyl (C=O) groups is 1. The lowest BCUT2D eigenvalue weighted by molar-refractivity contribution is -0.135. The van der Waals surface area contributed by atoms with Gasteiger partial charge in [0.15, 0.2) is 0 Å². The van der Waals surface area contributed by atoms with Gasteiger partial charge in [-0.25, -0.2) is 4.79 Å². The summed E-state index contributed by atoms with van der Waals surface area (Å²) in [6, 6.07) is 5.35. The van der Waals surface area contributed by atoms with Crippen molar-refractivity contribution < 1.29 is 9.53 Å². The second-order valence-corrected chi connectivity index (χ2v) is 3.47. The first kappa shape index (κ1) is 11.6. The molecule has 1 rings (SSSR count). The molecule has 0 amide bonds. The average Bonchev–Trinajstić information content (AvgIpc) is 2.22. The summed E-state index contributed by atoms with van der Waals surface area (Å²) < 4.78 is 4.51. The third-order valence-electron chi connectivity index (χ3n) is 1.88. The summed E-state index contributed by atoms with van der Waals surface area (Å²) in [5.74, 6) is -0.484. The average molecular weight is 226 g/mol. The minimum absolute atomic E-state index is 0.194. The van der Waals surface area contributed by atoms with Crippen molar-refractivity contribution in [3.05, 3.63) is 41.1 Å². The van der Waals surface area contributed by atoms with Crippen molar-refractivity contribution in [3.63, 3.8) is 0 Å². The van der Waals surface area contributed by atoms with Gasteiger partial charge in [0.2, 0.25) is 0 Å². The van der Waals surface area contributed by atoms with Crippen molar-refractivity contribution in [2.45, 2.75) is 6.92 Å². The highest BCUT2D eigenvalue weighted by Crippen LogP contribution is 2.20. The van der Waals surface area contributed by atoms with Gasteiger partial charge in [0, 0.05) is 10.7 Å². The predicted octanol–water partition coefficient (Wildman–Crippen LogP) is 2.75. The molecule has 1 aromatic rings. The molecule has 4 heteroatoms. The number of hydrogen-bond donors (Lipinski definition) is 1. The van der Waals surface area contributed by atoms with E-state index < -0.39 is 5.97 Å². The SMILES string of the molecule is C=C(Nc1ccc(Cl)c(C)c1)C(=O)OC. The van der Waals surface area contributed by atoms with Crippen LogP contribution in [0.3, 0.4) is 0 Å². The molecule has 0 saturated heterocycles. The molecule has 0 spiro atoms. The van der Waals surface area contributed by atoms with Crippen LogP contribution in [0, 0.1) is 6.92 Å². The Morgan fingerprint density at radius 1 is 1.53 bits per heavy atom. The van der Waals surface area contributed by atoms with Crippen molar-refractivity contribution in [1.82, 2.24) is 0 Å². The number of nitrogens with one attached hydrogen (secondary N) is 1. The van der Waals surface area contributed by atoms with Gasteiger partial charge in [0.1, 0.15) is 5.70 Å². The summed E-state index contributed by atoms with van der Waals surface area (Å²) >= 11 is 5.87. The number of hydrogen-bond acceptors (Lipinski definition) is 3. The molecular weight excluding hydrogens is 214 g/mol. The van der Waals surface area contributed by atoms with E-state index in [1.54, 1.807) is 12.1 Å². The molecule has 0 radical (unpaired) electrons. The Hall–Kier alpha value is -1.48. The molecule has 0 aromatic heterocycles. The van der Waals surface area contributed by atoms with Crippen molar-refractivity contribution in [3.8, 4) is 0 Å². The number of methoxy groups -OCH3 is 1. The van der Waals surface area contributed by atoms with Gasteiger partial charge in [-0.15, -0.1) is 0 Å². The molecule has 0 saturated carbocycles. The lowest BCUT2D eigenvalue weighted by atomic mass is 10.2. The van der Waals surface area contributed by atoms with Gasteiger partial charge in [-0.3, -0.25) is 0 Å². The number of anilines is 1. The minimum Gasteiger partial charge on any atom is -0.464 e. The Morgan fingerprint density at radius 3 is 2.73 bits per heavy atom. The number of ether oxygens (including phenoxy) is 1. The van der Waals surface area contributed by atoms with E-state index in [9.17, 15) is 4.79 Å². The quantitative estimate of drug-likeness (QED) is 0.635. The van der Waals surface area contributed by atoms with Gasteiger partial charge >= 0.3 is 5.97 Å². The molecule has 0 bridgehead atoms. The van der Waals surface area contributed by atoms with Crippen LogP contribution in [-0.4, -0.2) is 13.1 Å². The fourth-order valence-corrected chi connectivity index (χ4v) is 1.19. The molecule has 0 unspecified atom stereocenters. The van der Waals surface area contributed by atoms with Crippen LogP contribution in [0.25, 0.3) is 0 Å². The number of aryl methyl sites for hydroxylation is 1. The molecule has 0 aliphatic heterocycles. The first-order valence-electron chi connectivity index (χ1n) is 4.35. The number of carbonyl (C=O) groups excluding carboxylic acids is 1. The van der Waals surface area contributed by atoms with E-state index in [2.05, 4.69) is 16.6 Å². The fraction of sp³-hybridized carbons (Fsp3) is 0.182. The van der Waals surface area contributed by atoms with E-state index in [0.29, 0.717) is 5.02 Å². The standard InChI is InChI=1S/C11H12ClNO2/c1-7-6-9(4-5-10(7)12)13-8(2)11(14)15-3/h4-6,13H,2H2,1,3H3. The highest BCUT2D eigenvalue weighted by atomic mass is 35.5. The summed E-state index contributed by atoms with van der Waals surface area (Å²) in [5, 5.41) is 3.52. The lowest BCUT2D eigenvalue weighted by Crippen LogP contribution is -2.11. The maximum absolute atomic E-state index is 11.1. The van der Waals surface area contributed by atoms with Gasteiger partial charge < -0.3 is 10.1 Å². The van der Waals surface area contributed by atoms with Crippen molar-refractivity contribution >= 4 is 23.3 Å². The minimum atomic E-state index is -0.484. The Labute approximate surface area is 93.7 Å². The van der Waals surface area contributed by atoms with Crippen LogP contribution in [0.2, 0.25) is 5.02 Å². The second-order valence-electron chi connectivity index (χ2n) is 3.06. The molecule has 80 valence electrons. The van der Waals surface area contributed by atoms with E-state index in [-0.39, 0.29) is 5.70 Å². The monoisotopic (exact) mass is 225 g/mol. The highest BCUT2D eigenvalue weighted by Gasteiger charge is 2.06. The van der Waals surface area contributed by atoms with Crippen LogP contribution in [0.1, 0.15) is 5.56 Å². The number of benzene rings is 1. The Kier molecular flexibility index (Phi) is 3.74. The molecule has 0 aliphatic carbocycles. The summed E-state index contributed by atoms with van der Waals surface area (Å²) in [5.41, 5.74) is 1.88. The van der Waals surface area contributed by atoms with Crippen LogP contribution < -0.4 is 5.32 Å². The number of esters is 1. The fourth-order valence-electron chi connectivity index (χ4n) is 1.07. The van der Waals surface area contributed by atoms with Crippen LogP contribution >= 0.6 is 11.6 Å². The van der Waals surface area contributed by atoms with Gasteiger partial charge in [-0.05, 0) is 30.7 Å². The first-order valence-corrected chi connectivity index (χ1v) is 4.73. The van der Waals surface area contributed by atoms with E-state index in [1.807, 2.05) is 13.0 Å². The summed E-state index contributed by atoms with van der Waals surface area (Å²) in [7, 11) is 1.31. The smallest absolute Gasteiger partial charge is 0.353 e. The Bertz CT molecular complexity index is 402. The largest absolute Gasteiger partial charge is 0.464 e. The van der Waals surface area contributed by atoms with E-state index >= 15 is 0 Å². The molecule has 0 aliphatic rings. The highest BCUT2D eigenvalue weighted by molar-refractivity contribution is 6.31. The zero-order valence-corrected chi connectivity index (χ0v) is 9.39. The molecule has 15 heavy (non-hydrogen) atoms. The zero-order valence-electron chi connectivity index (χ0n) is 8.63. The normalized spacial score (nSPS) is 9.53. The van der Waals surface area contributed by atoms with Crippen LogP contribution in [0.5, 0.6) is 0 Å². The van der Waals surface area contributed by atoms with Crippen molar-refractivity contribution in [1.29, 1.82) is 0 Å². The summed E-state index contributed by atoms with van der Waals surface area (Å²) in [6.45, 7) is 5.44. The van der Waals surface area contributed by atoms with Crippen LogP contribution in [0.15, 0.2) is 30.5 Å². The molecule has 0 heterocycles. The lowest BCUT2D eigenvalue weighted by Gasteiger charge is -2.08. The van der Waals surface area contributed by atoms with E-state index in [1.165, 1.54) is 7.11 Å². The summed E-state index contributed by atoms with van der Waals surface area (Å²) in [4.78, 5) is 11.1. The second kappa shape index (κ2) is 4.84. The molecule has 3 nitrogen and oxygen atoms in total. The maximum Gasteiger partial charge on any atom is 0.353 e. The Balaban J connectivity index is 2.77. The van der Waals surface area contributed by atoms with Crippen molar-refractivity contribution in [2.24, 2.45) is 0 Å². The molecule has 0 atom stereocenters. The van der Waals surface area contributed by atoms with Gasteiger partial charge in [-0.2, -0.15) is 0 Å². The third kappa shape index (κ3) is 2.99. The number of rotatable bonds is 3. The van der Waals surface area contributed by atoms with E-state index in [4.69, 9.17) is 11.6 Å². The van der Waals surface area contributed by atoms with Crippen LogP contribution in [0.4, 0.5) is 5.69 Å². The van der Waals surface area contributed by atoms with Crippen molar-refractivity contribution in [2.75, 3.05) is 12.4 Å². The molecule has 1 N–H and O–H groups in total. The topological polar surface area (TPSA) is 38.3 Å². The van der Waals surface area contributed by atoms with Gasteiger partial charge in [0.05, 0.1) is 7.11 Å². The molecule has 0 fully saturated rings. The number of halogens is 1. The summed E-state index contributed by atoms with van der Waals surface area (Å²) in [6.07, 6.45) is 0. The molecular formula is C11H12ClNO2. The zero-order chi connectivity index (χ0) is 11.4. The van der Waals surface area contributed by atoms with E-state index in [0.717, 1.165) is 11.3 Å².